The molecule has 2 aliphatic rings. The Morgan fingerprint density at radius 2 is 1.88 bits per heavy atom. The van der Waals surface area contributed by atoms with Gasteiger partial charge in [-0.2, -0.15) is 0 Å². The van der Waals surface area contributed by atoms with Crippen LogP contribution in [0.3, 0.4) is 0 Å². The van der Waals surface area contributed by atoms with Crippen molar-refractivity contribution in [2.45, 2.75) is 52.1 Å². The largest absolute Gasteiger partial charge is 0.382 e. The quantitative estimate of drug-likeness (QED) is 0.351. The van der Waals surface area contributed by atoms with Gasteiger partial charge < -0.3 is 16.0 Å². The van der Waals surface area contributed by atoms with Crippen molar-refractivity contribution in [1.29, 1.82) is 0 Å². The minimum Gasteiger partial charge on any atom is -0.382 e. The fraction of sp³-hybridized carbons (Fsp3) is 0.429. The van der Waals surface area contributed by atoms with Gasteiger partial charge in [0.15, 0.2) is 0 Å². The monoisotopic (exact) mass is 571 g/mol. The van der Waals surface area contributed by atoms with Crippen molar-refractivity contribution in [1.82, 2.24) is 20.4 Å². The molecule has 0 aromatic heterocycles. The molecule has 41 heavy (non-hydrogen) atoms. The Kier molecular flexibility index (Phi) is 10.3. The van der Waals surface area contributed by atoms with Gasteiger partial charge >= 0.3 is 0 Å². The number of aryl methyl sites for hydroxylation is 1. The van der Waals surface area contributed by atoms with E-state index in [0.29, 0.717) is 17.6 Å². The summed E-state index contributed by atoms with van der Waals surface area (Å²) in [4.78, 5) is 5.05. The number of allylic oxidation sites excluding steroid dienone is 1. The number of hydrogen-bond donors (Lipinski definition) is 3. The van der Waals surface area contributed by atoms with Crippen LogP contribution < -0.4 is 16.0 Å². The number of halogens is 1. The van der Waals surface area contributed by atoms with E-state index in [9.17, 15) is 0 Å². The molecule has 4 rings (SSSR count). The Labute approximate surface area is 252 Å². The summed E-state index contributed by atoms with van der Waals surface area (Å²) in [5.74, 6) is 2.88. The second-order valence-corrected chi connectivity index (χ2v) is 12.3. The fourth-order valence-corrected chi connectivity index (χ4v) is 6.34. The number of benzene rings is 2. The van der Waals surface area contributed by atoms with Gasteiger partial charge in [-0.1, -0.05) is 66.6 Å². The van der Waals surface area contributed by atoms with Crippen LogP contribution in [0.2, 0.25) is 5.02 Å². The highest BCUT2D eigenvalue weighted by Crippen LogP contribution is 2.36. The maximum absolute atomic E-state index is 6.79. The molecule has 0 spiro atoms. The van der Waals surface area contributed by atoms with Gasteiger partial charge in [-0.05, 0) is 63.3 Å². The average molecular weight is 572 g/mol. The van der Waals surface area contributed by atoms with E-state index in [1.165, 1.54) is 11.1 Å². The van der Waals surface area contributed by atoms with Crippen LogP contribution in [0.5, 0.6) is 0 Å². The molecule has 1 saturated heterocycles. The number of rotatable bonds is 7. The highest BCUT2D eigenvalue weighted by molar-refractivity contribution is 6.32. The highest BCUT2D eigenvalue weighted by atomic mass is 35.5. The molecule has 0 bridgehead atoms. The molecule has 6 heteroatoms. The van der Waals surface area contributed by atoms with E-state index in [4.69, 9.17) is 18.0 Å². The molecule has 0 radical (unpaired) electrons. The second-order valence-electron chi connectivity index (χ2n) is 11.9. The van der Waals surface area contributed by atoms with Crippen LogP contribution >= 0.6 is 11.6 Å². The number of piperazine rings is 1. The van der Waals surface area contributed by atoms with Crippen LogP contribution in [-0.2, 0) is 6.42 Å². The van der Waals surface area contributed by atoms with Crippen molar-refractivity contribution in [3.8, 4) is 12.3 Å². The van der Waals surface area contributed by atoms with E-state index < -0.39 is 0 Å². The minimum atomic E-state index is -0.286. The lowest BCUT2D eigenvalue weighted by Crippen LogP contribution is -2.51. The van der Waals surface area contributed by atoms with E-state index in [0.717, 1.165) is 79.4 Å². The molecule has 0 aliphatic carbocycles. The number of terminal acetylenes is 1. The number of para-hydroxylation sites is 1. The van der Waals surface area contributed by atoms with Crippen LogP contribution in [0.25, 0.3) is 5.57 Å². The summed E-state index contributed by atoms with van der Waals surface area (Å²) in [7, 11) is 1.88. The van der Waals surface area contributed by atoms with Gasteiger partial charge in [0, 0.05) is 85.4 Å². The Morgan fingerprint density at radius 1 is 1.15 bits per heavy atom. The van der Waals surface area contributed by atoms with Gasteiger partial charge in [0.1, 0.15) is 0 Å². The summed E-state index contributed by atoms with van der Waals surface area (Å²) < 4.78 is 0. The molecule has 2 aromatic carbocycles. The molecule has 3 N–H and O–H groups in total. The Hall–Kier alpha value is -3.17. The van der Waals surface area contributed by atoms with E-state index in [2.05, 4.69) is 96.3 Å². The zero-order chi connectivity index (χ0) is 29.6. The summed E-state index contributed by atoms with van der Waals surface area (Å²) in [5.41, 5.74) is 8.19. The lowest BCUT2D eigenvalue weighted by molar-refractivity contribution is 0.113. The first-order chi connectivity index (χ1) is 19.6. The maximum atomic E-state index is 6.79. The predicted octanol–water partition coefficient (Wildman–Crippen LogP) is 6.08. The third kappa shape index (κ3) is 7.57. The highest BCUT2D eigenvalue weighted by Gasteiger charge is 2.29. The van der Waals surface area contributed by atoms with E-state index in [1.54, 1.807) is 0 Å². The van der Waals surface area contributed by atoms with Crippen LogP contribution in [0.4, 0.5) is 5.69 Å². The average Bonchev–Trinajstić information content (AvgIpc) is 2.93. The summed E-state index contributed by atoms with van der Waals surface area (Å²) in [6.45, 7) is 19.3. The third-order valence-corrected chi connectivity index (χ3v) is 8.68. The first-order valence-electron chi connectivity index (χ1n) is 14.7. The first-order valence-corrected chi connectivity index (χ1v) is 15.1. The number of nitrogens with one attached hydrogen (secondary N) is 3. The molecular weight excluding hydrogens is 526 g/mol. The molecule has 5 nitrogen and oxygen atoms in total. The lowest BCUT2D eigenvalue weighted by atomic mass is 9.84. The molecule has 0 amide bonds. The number of anilines is 1. The lowest BCUT2D eigenvalue weighted by Gasteiger charge is -2.39. The van der Waals surface area contributed by atoms with Crippen molar-refractivity contribution in [2.75, 3.05) is 51.6 Å². The number of fused-ring (bicyclic) bond motifs is 1. The molecule has 1 fully saturated rings. The summed E-state index contributed by atoms with van der Waals surface area (Å²) >= 11 is 6.79. The van der Waals surface area contributed by atoms with Gasteiger partial charge in [-0.3, -0.25) is 9.80 Å². The minimum absolute atomic E-state index is 0.286. The Balaban J connectivity index is 1.71. The molecule has 1 atom stereocenters. The van der Waals surface area contributed by atoms with Crippen LogP contribution in [0, 0.1) is 19.3 Å². The van der Waals surface area contributed by atoms with E-state index in [-0.39, 0.29) is 5.54 Å². The van der Waals surface area contributed by atoms with Gasteiger partial charge in [0.2, 0.25) is 0 Å². The van der Waals surface area contributed by atoms with Gasteiger partial charge in [-0.25, -0.2) is 0 Å². The van der Waals surface area contributed by atoms with Crippen molar-refractivity contribution >= 4 is 22.9 Å². The summed E-state index contributed by atoms with van der Waals surface area (Å²) in [5, 5.41) is 11.6. The van der Waals surface area contributed by atoms with Crippen molar-refractivity contribution in [2.24, 2.45) is 0 Å². The molecule has 0 saturated carbocycles. The Morgan fingerprint density at radius 3 is 2.54 bits per heavy atom. The SMILES string of the molecule is C#C/C(NC)=C1CNc2c(C)cccc2CC(C)(NC(=C)CN2CCN(C(C)C)CC2)C\C=C/1c1ccccc1Cl. The first kappa shape index (κ1) is 30.8. The van der Waals surface area contributed by atoms with E-state index in [1.807, 2.05) is 25.2 Å². The number of nitrogens with zero attached hydrogens (tertiary/aromatic N) is 2. The van der Waals surface area contributed by atoms with E-state index >= 15 is 0 Å². The van der Waals surface area contributed by atoms with Crippen LogP contribution in [0.15, 0.2) is 72.1 Å². The van der Waals surface area contributed by atoms with Gasteiger partial charge in [0.25, 0.3) is 0 Å². The van der Waals surface area contributed by atoms with Crippen LogP contribution in [-0.4, -0.2) is 67.7 Å². The zero-order valence-corrected chi connectivity index (χ0v) is 26.2. The van der Waals surface area contributed by atoms with Gasteiger partial charge in [0.05, 0.1) is 5.70 Å². The van der Waals surface area contributed by atoms with Gasteiger partial charge in [-0.15, -0.1) is 6.42 Å². The molecule has 1 unspecified atom stereocenters. The van der Waals surface area contributed by atoms with Crippen molar-refractivity contribution in [3.63, 3.8) is 0 Å². The maximum Gasteiger partial charge on any atom is 0.0904 e. The Bertz CT molecular complexity index is 1340. The second kappa shape index (κ2) is 13.7. The molecule has 2 aliphatic heterocycles. The molecule has 2 aromatic rings. The summed E-state index contributed by atoms with van der Waals surface area (Å²) in [6, 6.07) is 15.1. The summed E-state index contributed by atoms with van der Waals surface area (Å²) in [6.07, 6.45) is 9.93. The predicted molar refractivity (Wildman–Crippen MR) is 176 cm³/mol. The standard InChI is InChI=1S/C35H46ClN5/c1-8-33(37-7)31-23-38-34-26(4)12-11-13-28(34)22-35(6,17-16-29(31)30-14-9-10-15-32(30)36)39-27(5)24-40-18-20-41(21-19-40)25(2)3/h1,9-16,25,37-39H,5,17-24H2,2-4,6-7H3/b29-16-,33-31+. The molecular formula is C35H46ClN5. The molecule has 218 valence electrons. The fourth-order valence-electron chi connectivity index (χ4n) is 6.10. The smallest absolute Gasteiger partial charge is 0.0904 e. The number of hydrogen-bond acceptors (Lipinski definition) is 5. The zero-order valence-electron chi connectivity index (χ0n) is 25.4. The third-order valence-electron chi connectivity index (χ3n) is 8.35. The topological polar surface area (TPSA) is 42.6 Å². The molecule has 2 heterocycles. The van der Waals surface area contributed by atoms with Crippen molar-refractivity contribution in [3.05, 3.63) is 93.8 Å². The van der Waals surface area contributed by atoms with Crippen molar-refractivity contribution < 1.29 is 0 Å². The normalized spacial score (nSPS) is 22.9. The van der Waals surface area contributed by atoms with Crippen LogP contribution in [0.1, 0.15) is 43.9 Å².